The number of nitrogens with zero attached hydrogens (tertiary/aromatic N) is 4. The Balaban J connectivity index is 1.36. The number of ether oxygens (including phenoxy) is 3. The van der Waals surface area contributed by atoms with Gasteiger partial charge in [0.05, 0.1) is 36.6 Å². The summed E-state index contributed by atoms with van der Waals surface area (Å²) >= 11 is 0. The van der Waals surface area contributed by atoms with Gasteiger partial charge in [-0.15, -0.1) is 0 Å². The molecule has 0 aliphatic carbocycles. The van der Waals surface area contributed by atoms with Gasteiger partial charge in [0.1, 0.15) is 36.3 Å². The van der Waals surface area contributed by atoms with E-state index < -0.39 is 119 Å². The fraction of sp³-hybridized carbons (Fsp3) is 0.612. The first-order valence-electron chi connectivity index (χ1n) is 32.3. The van der Waals surface area contributed by atoms with Crippen LogP contribution in [0.15, 0.2) is 66.7 Å². The fourth-order valence-corrected chi connectivity index (χ4v) is 11.5. The van der Waals surface area contributed by atoms with Crippen molar-refractivity contribution >= 4 is 76.9 Å². The van der Waals surface area contributed by atoms with Crippen molar-refractivity contribution in [2.75, 3.05) is 53.3 Å². The normalized spacial score (nSPS) is 16.8. The van der Waals surface area contributed by atoms with Gasteiger partial charge in [-0.3, -0.25) is 53.0 Å². The lowest BCUT2D eigenvalue weighted by Crippen LogP contribution is -2.62. The molecule has 0 bridgehead atoms. The molecule has 12 amide bonds. The van der Waals surface area contributed by atoms with Crippen molar-refractivity contribution in [1.82, 2.24) is 46.2 Å². The maximum Gasteiger partial charge on any atom is 0.410 e. The molecule has 2 aliphatic heterocycles. The quantitative estimate of drug-likeness (QED) is 0.0341. The number of amides is 12. The van der Waals surface area contributed by atoms with Crippen molar-refractivity contribution in [2.45, 2.75) is 194 Å². The van der Waals surface area contributed by atoms with E-state index >= 15 is 0 Å². The van der Waals surface area contributed by atoms with Crippen LogP contribution < -0.4 is 37.6 Å². The highest BCUT2D eigenvalue weighted by Crippen LogP contribution is 2.30. The average Bonchev–Trinajstić information content (AvgIpc) is 1.23. The number of primary amides is 1. The van der Waals surface area contributed by atoms with E-state index in [1.54, 1.807) is 95.1 Å². The van der Waals surface area contributed by atoms with Crippen molar-refractivity contribution in [2.24, 2.45) is 29.4 Å². The number of nitrogens with two attached hydrogens (primary N) is 1. The molecule has 1 fully saturated rings. The third-order valence-corrected chi connectivity index (χ3v) is 17.7. The lowest BCUT2D eigenvalue weighted by molar-refractivity contribution is -0.148. The van der Waals surface area contributed by atoms with Gasteiger partial charge in [0.25, 0.3) is 11.8 Å². The number of carbonyl (C=O) groups excluding carboxylic acids is 11. The first-order valence-corrected chi connectivity index (χ1v) is 32.3. The number of imide groups is 1. The van der Waals surface area contributed by atoms with Crippen LogP contribution in [0.25, 0.3) is 0 Å². The number of carboxylic acid groups (broad SMARTS) is 1. The van der Waals surface area contributed by atoms with E-state index in [-0.39, 0.29) is 81.4 Å². The Morgan fingerprint density at radius 3 is 1.95 bits per heavy atom. The van der Waals surface area contributed by atoms with E-state index in [9.17, 15) is 62.6 Å². The number of rotatable bonds is 38. The summed E-state index contributed by atoms with van der Waals surface area (Å²) in [7, 11) is 5.91. The summed E-state index contributed by atoms with van der Waals surface area (Å²) in [6.45, 7) is 16.0. The van der Waals surface area contributed by atoms with Gasteiger partial charge in [-0.1, -0.05) is 104 Å². The lowest BCUT2D eigenvalue weighted by atomic mass is 9.89. The molecule has 520 valence electrons. The molecule has 4 rings (SSSR count). The number of likely N-dealkylation sites (tertiary alicyclic amines) is 1. The summed E-state index contributed by atoms with van der Waals surface area (Å²) in [6.07, 6.45) is 3.54. The van der Waals surface area contributed by atoms with Crippen LogP contribution in [0.1, 0.15) is 138 Å². The second kappa shape index (κ2) is 37.4. The van der Waals surface area contributed by atoms with E-state index in [2.05, 4.69) is 31.9 Å². The van der Waals surface area contributed by atoms with Gasteiger partial charge < -0.3 is 66.8 Å². The Kier molecular flexibility index (Phi) is 31.1. The highest BCUT2D eigenvalue weighted by molar-refractivity contribution is 6.12. The number of aliphatic carboxylic acids is 1. The molecule has 27 nitrogen and oxygen atoms in total. The summed E-state index contributed by atoms with van der Waals surface area (Å²) in [5.74, 6) is -7.35. The van der Waals surface area contributed by atoms with Gasteiger partial charge in [-0.2, -0.15) is 0 Å². The Morgan fingerprint density at radius 1 is 0.745 bits per heavy atom. The topological polar surface area (TPSA) is 364 Å². The van der Waals surface area contributed by atoms with E-state index in [4.69, 9.17) is 19.9 Å². The van der Waals surface area contributed by atoms with Crippen molar-refractivity contribution in [1.29, 1.82) is 0 Å². The molecular weight excluding hydrogens is 1210 g/mol. The lowest BCUT2D eigenvalue weighted by Gasteiger charge is -2.41. The summed E-state index contributed by atoms with van der Waals surface area (Å²) in [5.41, 5.74) is 5.24. The zero-order chi connectivity index (χ0) is 70.1. The molecule has 1 saturated heterocycles. The summed E-state index contributed by atoms with van der Waals surface area (Å²) < 4.78 is 17.6. The highest BCUT2D eigenvalue weighted by Gasteiger charge is 2.45. The minimum absolute atomic E-state index is 0.0747. The number of unbranched alkanes of at least 4 members (excludes halogenated alkanes) is 2. The van der Waals surface area contributed by atoms with Crippen LogP contribution in [-0.4, -0.2) is 198 Å². The third kappa shape index (κ3) is 22.6. The van der Waals surface area contributed by atoms with Gasteiger partial charge >= 0.3 is 18.1 Å². The van der Waals surface area contributed by atoms with Gasteiger partial charge in [0.2, 0.25) is 41.4 Å². The first-order chi connectivity index (χ1) is 44.4. The zero-order valence-corrected chi connectivity index (χ0v) is 56.8. The van der Waals surface area contributed by atoms with Crippen molar-refractivity contribution in [3.8, 4) is 0 Å². The molecule has 0 radical (unpaired) electrons. The van der Waals surface area contributed by atoms with Crippen LogP contribution in [0.5, 0.6) is 0 Å². The molecule has 0 spiro atoms. The molecule has 94 heavy (non-hydrogen) atoms. The number of carboxylic acids is 1. The maximum atomic E-state index is 14.7. The first kappa shape index (κ1) is 78.0. The highest BCUT2D eigenvalue weighted by atomic mass is 16.6. The summed E-state index contributed by atoms with van der Waals surface area (Å²) in [4.78, 5) is 164. The van der Waals surface area contributed by atoms with Crippen LogP contribution in [0.3, 0.4) is 0 Å². The number of benzene rings is 2. The third-order valence-electron chi connectivity index (χ3n) is 17.7. The predicted molar refractivity (Wildman–Crippen MR) is 350 cm³/mol. The Labute approximate surface area is 552 Å². The number of methoxy groups -OCH3 is 2. The van der Waals surface area contributed by atoms with Crippen LogP contribution in [0, 0.1) is 23.7 Å². The average molecular weight is 1320 g/mol. The summed E-state index contributed by atoms with van der Waals surface area (Å²) in [5, 5.41) is 26.3. The molecular formula is C67H101N11O16. The molecule has 2 heterocycles. The van der Waals surface area contributed by atoms with Gasteiger partial charge in [0, 0.05) is 78.6 Å². The number of hydrogen-bond donors (Lipinski definition) is 8. The molecule has 2 aromatic rings. The predicted octanol–water partition coefficient (Wildman–Crippen LogP) is 4.40. The molecule has 2 aliphatic rings. The monoisotopic (exact) mass is 1320 g/mol. The minimum atomic E-state index is -1.57. The van der Waals surface area contributed by atoms with Gasteiger partial charge in [-0.25, -0.2) is 14.4 Å². The molecule has 0 aromatic heterocycles. The molecule has 0 saturated carbocycles. The van der Waals surface area contributed by atoms with Crippen LogP contribution in [-0.2, 0) is 75.2 Å². The SMILES string of the molecule is CC[C@H](C)[C@@H]([C@@H](CC(=O)N1CCC[C@H]1[C@H](OC)[C@@H](C)C(=O)N[C@@H](Cc1ccccc1)C(=O)O)OC)N(C)C(=O)C(NC(=O)C(C)(C)N(C)C(=O)OCc1ccc(NC(=O)[C@H](CCCNC(N)=O)NC(=O)[C@@H](NC(=O)CCCCCN2C(=O)C=CC2=O)C(C)C)cc1)C(C)C. The number of nitrogens with one attached hydrogen (secondary N) is 6. The van der Waals surface area contributed by atoms with E-state index in [0.29, 0.717) is 56.3 Å². The van der Waals surface area contributed by atoms with E-state index in [0.717, 1.165) is 15.4 Å². The van der Waals surface area contributed by atoms with E-state index in [1.165, 1.54) is 52.2 Å². The zero-order valence-electron chi connectivity index (χ0n) is 56.8. The number of anilines is 1. The second-order valence-electron chi connectivity index (χ2n) is 25.5. The van der Waals surface area contributed by atoms with E-state index in [1.807, 2.05) is 19.9 Å². The van der Waals surface area contributed by atoms with Gasteiger partial charge in [0.15, 0.2) is 0 Å². The summed E-state index contributed by atoms with van der Waals surface area (Å²) in [6, 6.07) is 8.91. The van der Waals surface area contributed by atoms with Crippen molar-refractivity contribution < 1.29 is 76.9 Å². The largest absolute Gasteiger partial charge is 0.480 e. The smallest absolute Gasteiger partial charge is 0.410 e. The Hall–Kier alpha value is -8.46. The molecule has 9 N–H and O–H groups in total. The van der Waals surface area contributed by atoms with Gasteiger partial charge in [-0.05, 0) is 93.4 Å². The van der Waals surface area contributed by atoms with Crippen LogP contribution in [0.2, 0.25) is 0 Å². The number of hydrogen-bond acceptors (Lipinski definition) is 15. The number of likely N-dealkylation sites (N-methyl/N-ethyl adjacent to an activating group) is 2. The number of carbonyl (C=O) groups is 12. The second-order valence-corrected chi connectivity index (χ2v) is 25.5. The fourth-order valence-electron chi connectivity index (χ4n) is 11.5. The molecule has 1 unspecified atom stereocenters. The maximum absolute atomic E-state index is 14.7. The standard InChI is InChI=1S/C67H101N11O16/c1-14-42(6)57(50(92-12)38-54(82)77-36-22-26-49(77)58(93-13)43(7)59(83)72-48(63(87)88)37-44-23-17-15-18-24-44)75(10)62(86)56(41(4)5)74-64(89)67(8,9)76(11)66(91)94-39-45-28-30-46(31-29-45)70-60(84)47(25-21-34-69-65(68)90)71-61(85)55(40(2)3)73-51(79)27-19-16-20-35-78-52(80)32-33-53(78)81/h15,17-18,23-24,28-33,40-43,47-50,55-58H,14,16,19-22,25-27,34-39H2,1-13H3,(H,70,84)(H,71,85)(H,72,83)(H,73,79)(H,74,89)(H,87,88)(H3,68,69,90)/t42-,43+,47-,48-,49-,50+,55-,56?,57-,58+/m0/s1. The Bertz CT molecular complexity index is 2940. The minimum Gasteiger partial charge on any atom is -0.480 e. The molecule has 2 aromatic carbocycles. The Morgan fingerprint density at radius 2 is 1.37 bits per heavy atom. The van der Waals surface area contributed by atoms with Crippen molar-refractivity contribution in [3.05, 3.63) is 77.9 Å². The molecule has 10 atom stereocenters. The van der Waals surface area contributed by atoms with Crippen LogP contribution >= 0.6 is 0 Å². The molecule has 27 heteroatoms. The van der Waals surface area contributed by atoms with Crippen molar-refractivity contribution in [3.63, 3.8) is 0 Å². The number of urea groups is 1. The van der Waals surface area contributed by atoms with Crippen LogP contribution in [0.4, 0.5) is 15.3 Å².